The largest absolute Gasteiger partial charge is 0.491 e. The first-order valence-electron chi connectivity index (χ1n) is 8.12. The molecular weight excluding hydrogens is 332 g/mol. The minimum Gasteiger partial charge on any atom is -0.491 e. The lowest BCUT2D eigenvalue weighted by Crippen LogP contribution is -2.40. The summed E-state index contributed by atoms with van der Waals surface area (Å²) >= 11 is 0. The Balaban J connectivity index is 1.90. The van der Waals surface area contributed by atoms with E-state index in [2.05, 4.69) is 5.32 Å². The van der Waals surface area contributed by atoms with Gasteiger partial charge in [-0.15, -0.1) is 0 Å². The van der Waals surface area contributed by atoms with E-state index >= 15 is 0 Å². The van der Waals surface area contributed by atoms with Crippen LogP contribution in [0.5, 0.6) is 5.75 Å². The minimum absolute atomic E-state index is 0.148. The molecule has 24 heavy (non-hydrogen) atoms. The molecule has 1 aromatic rings. The van der Waals surface area contributed by atoms with Crippen molar-refractivity contribution in [1.29, 1.82) is 0 Å². The molecule has 2 rings (SSSR count). The minimum atomic E-state index is -3.49. The molecule has 1 aromatic carbocycles. The van der Waals surface area contributed by atoms with Gasteiger partial charge in [-0.1, -0.05) is 13.8 Å². The van der Waals surface area contributed by atoms with Crippen LogP contribution < -0.4 is 10.1 Å². The number of morpholine rings is 1. The maximum Gasteiger partial charge on any atom is 0.243 e. The highest BCUT2D eigenvalue weighted by Gasteiger charge is 2.26. The fourth-order valence-electron chi connectivity index (χ4n) is 2.27. The van der Waals surface area contributed by atoms with Gasteiger partial charge in [0.1, 0.15) is 18.5 Å². The second-order valence-electron chi connectivity index (χ2n) is 6.02. The molecule has 0 aromatic heterocycles. The summed E-state index contributed by atoms with van der Waals surface area (Å²) in [5.74, 6) is 0.527. The Bertz CT molecular complexity index is 597. The van der Waals surface area contributed by atoms with E-state index < -0.39 is 16.1 Å². The molecule has 136 valence electrons. The van der Waals surface area contributed by atoms with Gasteiger partial charge in [0, 0.05) is 25.7 Å². The summed E-state index contributed by atoms with van der Waals surface area (Å²) in [5, 5.41) is 12.9. The first-order chi connectivity index (χ1) is 11.4. The van der Waals surface area contributed by atoms with Gasteiger partial charge >= 0.3 is 0 Å². The molecule has 2 N–H and O–H groups in total. The number of hydrogen-bond acceptors (Lipinski definition) is 6. The van der Waals surface area contributed by atoms with Crippen LogP contribution in [0.25, 0.3) is 0 Å². The normalized spacial score (nSPS) is 17.8. The molecule has 0 spiro atoms. The lowest BCUT2D eigenvalue weighted by atomic mass is 10.3. The van der Waals surface area contributed by atoms with Crippen molar-refractivity contribution in [3.05, 3.63) is 24.3 Å². The van der Waals surface area contributed by atoms with Crippen molar-refractivity contribution in [2.45, 2.75) is 30.9 Å². The maximum absolute atomic E-state index is 12.5. The van der Waals surface area contributed by atoms with Crippen LogP contribution in [0.15, 0.2) is 29.2 Å². The molecule has 1 aliphatic rings. The highest BCUT2D eigenvalue weighted by atomic mass is 32.2. The van der Waals surface area contributed by atoms with Crippen LogP contribution in [0, 0.1) is 0 Å². The number of aliphatic hydroxyl groups excluding tert-OH is 1. The molecule has 1 heterocycles. The number of nitrogens with zero attached hydrogens (tertiary/aromatic N) is 1. The SMILES string of the molecule is CC(C)NCC(O)COc1ccc(S(=O)(=O)N2CCOCC2)cc1. The Hall–Kier alpha value is -1.19. The molecule has 1 saturated heterocycles. The molecule has 7 nitrogen and oxygen atoms in total. The summed E-state index contributed by atoms with van der Waals surface area (Å²) in [6.07, 6.45) is -0.621. The first kappa shape index (κ1) is 19.1. The fraction of sp³-hybridized carbons (Fsp3) is 0.625. The molecule has 8 heteroatoms. The smallest absolute Gasteiger partial charge is 0.243 e. The van der Waals surface area contributed by atoms with Crippen LogP contribution in [0.3, 0.4) is 0 Å². The fourth-order valence-corrected chi connectivity index (χ4v) is 3.67. The molecule has 0 saturated carbocycles. The molecule has 0 aliphatic carbocycles. The molecule has 1 unspecified atom stereocenters. The Morgan fingerprint density at radius 3 is 2.46 bits per heavy atom. The van der Waals surface area contributed by atoms with Crippen molar-refractivity contribution in [3.63, 3.8) is 0 Å². The Kier molecular flexibility index (Phi) is 7.00. The van der Waals surface area contributed by atoms with Crippen LogP contribution in [-0.2, 0) is 14.8 Å². The average Bonchev–Trinajstić information content (AvgIpc) is 2.59. The van der Waals surface area contributed by atoms with Crippen LogP contribution in [0.2, 0.25) is 0 Å². The van der Waals surface area contributed by atoms with E-state index in [1.807, 2.05) is 13.8 Å². The van der Waals surface area contributed by atoms with Crippen molar-refractivity contribution in [1.82, 2.24) is 9.62 Å². The highest BCUT2D eigenvalue weighted by molar-refractivity contribution is 7.89. The third-order valence-corrected chi connectivity index (χ3v) is 5.55. The third kappa shape index (κ3) is 5.42. The number of rotatable bonds is 8. The zero-order chi connectivity index (χ0) is 17.6. The van der Waals surface area contributed by atoms with E-state index in [1.165, 1.54) is 16.4 Å². The predicted molar refractivity (Wildman–Crippen MR) is 90.7 cm³/mol. The van der Waals surface area contributed by atoms with Crippen molar-refractivity contribution >= 4 is 10.0 Å². The molecule has 1 atom stereocenters. The third-order valence-electron chi connectivity index (χ3n) is 3.64. The van der Waals surface area contributed by atoms with Gasteiger partial charge < -0.3 is 19.9 Å². The Labute approximate surface area is 143 Å². The standard InChI is InChI=1S/C16H26N2O5S/c1-13(2)17-11-14(19)12-23-15-3-5-16(6-4-15)24(20,21)18-7-9-22-10-8-18/h3-6,13-14,17,19H,7-12H2,1-2H3. The first-order valence-corrected chi connectivity index (χ1v) is 9.56. The van der Waals surface area contributed by atoms with Gasteiger partial charge in [-0.25, -0.2) is 8.42 Å². The predicted octanol–water partition coefficient (Wildman–Crippen LogP) is 0.445. The Morgan fingerprint density at radius 2 is 1.88 bits per heavy atom. The molecule has 0 amide bonds. The van der Waals surface area contributed by atoms with Gasteiger partial charge in [0.25, 0.3) is 0 Å². The summed E-state index contributed by atoms with van der Waals surface area (Å²) in [5.41, 5.74) is 0. The number of hydrogen-bond donors (Lipinski definition) is 2. The second-order valence-corrected chi connectivity index (χ2v) is 7.95. The van der Waals surface area contributed by atoms with Crippen molar-refractivity contribution in [3.8, 4) is 5.75 Å². The van der Waals surface area contributed by atoms with Gasteiger partial charge in [-0.3, -0.25) is 0 Å². The summed E-state index contributed by atoms with van der Waals surface area (Å²) in [6.45, 7) is 6.18. The summed E-state index contributed by atoms with van der Waals surface area (Å²) < 4.78 is 37.1. The van der Waals surface area contributed by atoms with Crippen LogP contribution >= 0.6 is 0 Å². The van der Waals surface area contributed by atoms with Gasteiger partial charge in [0.15, 0.2) is 0 Å². The van der Waals surface area contributed by atoms with Crippen molar-refractivity contribution in [2.24, 2.45) is 0 Å². The van der Waals surface area contributed by atoms with Gasteiger partial charge in [0.2, 0.25) is 10.0 Å². The van der Waals surface area contributed by atoms with Gasteiger partial charge in [-0.05, 0) is 24.3 Å². The van der Waals surface area contributed by atoms with Gasteiger partial charge in [-0.2, -0.15) is 4.31 Å². The topological polar surface area (TPSA) is 88.1 Å². The van der Waals surface area contributed by atoms with Crippen molar-refractivity contribution in [2.75, 3.05) is 39.5 Å². The van der Waals surface area contributed by atoms with Crippen LogP contribution in [0.1, 0.15) is 13.8 Å². The van der Waals surface area contributed by atoms with E-state index in [0.717, 1.165) is 0 Å². The summed E-state index contributed by atoms with van der Waals surface area (Å²) in [7, 11) is -3.49. The lowest BCUT2D eigenvalue weighted by molar-refractivity contribution is 0.0730. The van der Waals surface area contributed by atoms with E-state index in [9.17, 15) is 13.5 Å². The van der Waals surface area contributed by atoms with Crippen LogP contribution in [-0.4, -0.2) is 69.4 Å². The van der Waals surface area contributed by atoms with E-state index in [-0.39, 0.29) is 11.5 Å². The van der Waals surface area contributed by atoms with E-state index in [0.29, 0.717) is 44.6 Å². The Morgan fingerprint density at radius 1 is 1.25 bits per heavy atom. The number of benzene rings is 1. The number of ether oxygens (including phenoxy) is 2. The molecular formula is C16H26N2O5S. The molecule has 1 fully saturated rings. The van der Waals surface area contributed by atoms with E-state index in [1.54, 1.807) is 12.1 Å². The number of sulfonamides is 1. The van der Waals surface area contributed by atoms with Crippen LogP contribution in [0.4, 0.5) is 0 Å². The second kappa shape index (κ2) is 8.77. The number of nitrogens with one attached hydrogen (secondary N) is 1. The average molecular weight is 358 g/mol. The monoisotopic (exact) mass is 358 g/mol. The maximum atomic E-state index is 12.5. The zero-order valence-corrected chi connectivity index (χ0v) is 15.0. The quantitative estimate of drug-likeness (QED) is 0.701. The van der Waals surface area contributed by atoms with Gasteiger partial charge in [0.05, 0.1) is 18.1 Å². The van der Waals surface area contributed by atoms with E-state index in [4.69, 9.17) is 9.47 Å². The van der Waals surface area contributed by atoms with Crippen molar-refractivity contribution < 1.29 is 23.0 Å². The summed E-state index contributed by atoms with van der Waals surface area (Å²) in [6, 6.07) is 6.56. The molecule has 0 bridgehead atoms. The molecule has 0 radical (unpaired) electrons. The zero-order valence-electron chi connectivity index (χ0n) is 14.1. The summed E-state index contributed by atoms with van der Waals surface area (Å²) in [4.78, 5) is 0.235. The highest BCUT2D eigenvalue weighted by Crippen LogP contribution is 2.20. The number of aliphatic hydroxyl groups is 1. The lowest BCUT2D eigenvalue weighted by Gasteiger charge is -2.26. The molecule has 1 aliphatic heterocycles.